The zero-order valence-electron chi connectivity index (χ0n) is 14.2. The Balaban J connectivity index is 1.79. The quantitative estimate of drug-likeness (QED) is 0.643. The molecule has 0 radical (unpaired) electrons. The van der Waals surface area contributed by atoms with E-state index in [9.17, 15) is 18.0 Å². The zero-order chi connectivity index (χ0) is 18.3. The molecule has 2 rings (SSSR count). The van der Waals surface area contributed by atoms with Gasteiger partial charge < -0.3 is 15.5 Å². The van der Waals surface area contributed by atoms with Crippen LogP contribution in [0.1, 0.15) is 30.4 Å². The van der Waals surface area contributed by atoms with Crippen LogP contribution in [0.5, 0.6) is 0 Å². The zero-order valence-corrected chi connectivity index (χ0v) is 14.2. The maximum atomic E-state index is 12.5. The van der Waals surface area contributed by atoms with Crippen LogP contribution in [0.3, 0.4) is 0 Å². The number of nitrogens with one attached hydrogen (secondary N) is 2. The van der Waals surface area contributed by atoms with Gasteiger partial charge in [0.15, 0.2) is 5.96 Å². The molecule has 138 valence electrons. The molecule has 1 fully saturated rings. The number of carbonyl (C=O) groups excluding carboxylic acids is 1. The summed E-state index contributed by atoms with van der Waals surface area (Å²) >= 11 is 0. The van der Waals surface area contributed by atoms with Crippen molar-refractivity contribution in [2.45, 2.75) is 32.0 Å². The normalized spacial score (nSPS) is 15.8. The van der Waals surface area contributed by atoms with Crippen molar-refractivity contribution in [3.05, 3.63) is 35.4 Å². The molecule has 1 aliphatic heterocycles. The Kier molecular flexibility index (Phi) is 6.66. The smallest absolute Gasteiger partial charge is 0.352 e. The number of halogens is 3. The first-order chi connectivity index (χ1) is 11.9. The largest absolute Gasteiger partial charge is 0.416 e. The maximum absolute atomic E-state index is 12.5. The molecule has 2 N–H and O–H groups in total. The summed E-state index contributed by atoms with van der Waals surface area (Å²) in [5.41, 5.74) is 0.0178. The number of benzene rings is 1. The van der Waals surface area contributed by atoms with E-state index in [-0.39, 0.29) is 12.5 Å². The van der Waals surface area contributed by atoms with E-state index in [1.807, 2.05) is 4.90 Å². The Morgan fingerprint density at radius 2 is 1.76 bits per heavy atom. The van der Waals surface area contributed by atoms with Crippen LogP contribution >= 0.6 is 0 Å². The van der Waals surface area contributed by atoms with E-state index in [0.29, 0.717) is 18.1 Å². The van der Waals surface area contributed by atoms with Crippen LogP contribution in [-0.4, -0.2) is 43.4 Å². The lowest BCUT2D eigenvalue weighted by Gasteiger charge is -2.27. The lowest BCUT2D eigenvalue weighted by atomic mass is 10.1. The molecule has 25 heavy (non-hydrogen) atoms. The molecular weight excluding hydrogens is 333 g/mol. The summed E-state index contributed by atoms with van der Waals surface area (Å²) in [6.45, 7) is 2.04. The third-order valence-electron chi connectivity index (χ3n) is 4.08. The van der Waals surface area contributed by atoms with E-state index in [0.717, 1.165) is 44.5 Å². The highest BCUT2D eigenvalue weighted by atomic mass is 19.4. The predicted molar refractivity (Wildman–Crippen MR) is 90.1 cm³/mol. The number of aliphatic imine (C=N–C) groups is 1. The molecule has 5 nitrogen and oxygen atoms in total. The molecule has 0 aliphatic carbocycles. The van der Waals surface area contributed by atoms with Crippen molar-refractivity contribution in [2.24, 2.45) is 4.99 Å². The van der Waals surface area contributed by atoms with Crippen LogP contribution in [0.25, 0.3) is 0 Å². The fourth-order valence-electron chi connectivity index (χ4n) is 2.63. The number of hydrogen-bond donors (Lipinski definition) is 2. The third kappa shape index (κ3) is 5.95. The van der Waals surface area contributed by atoms with Crippen LogP contribution in [0, 0.1) is 0 Å². The fourth-order valence-corrected chi connectivity index (χ4v) is 2.63. The van der Waals surface area contributed by atoms with Gasteiger partial charge in [0.1, 0.15) is 0 Å². The highest BCUT2D eigenvalue weighted by Gasteiger charge is 2.29. The summed E-state index contributed by atoms with van der Waals surface area (Å²) < 4.78 is 37.6. The van der Waals surface area contributed by atoms with E-state index >= 15 is 0 Å². The SMILES string of the molecule is CN=C(NCC(=O)N1CCCCC1)NCc1ccc(C(F)(F)F)cc1. The highest BCUT2D eigenvalue weighted by Crippen LogP contribution is 2.29. The van der Waals surface area contributed by atoms with Gasteiger partial charge in [0.25, 0.3) is 0 Å². The average Bonchev–Trinajstić information content (AvgIpc) is 2.62. The number of rotatable bonds is 4. The molecule has 1 aliphatic rings. The summed E-state index contributed by atoms with van der Waals surface area (Å²) in [4.78, 5) is 18.0. The molecule has 0 saturated carbocycles. The topological polar surface area (TPSA) is 56.7 Å². The highest BCUT2D eigenvalue weighted by molar-refractivity contribution is 5.86. The van der Waals surface area contributed by atoms with Crippen molar-refractivity contribution >= 4 is 11.9 Å². The van der Waals surface area contributed by atoms with Gasteiger partial charge in [-0.1, -0.05) is 12.1 Å². The summed E-state index contributed by atoms with van der Waals surface area (Å²) in [6, 6.07) is 4.93. The first-order valence-corrected chi connectivity index (χ1v) is 8.28. The minimum atomic E-state index is -4.33. The molecule has 0 bridgehead atoms. The van der Waals surface area contributed by atoms with Gasteiger partial charge in [-0.25, -0.2) is 0 Å². The summed E-state index contributed by atoms with van der Waals surface area (Å²) in [7, 11) is 1.58. The minimum Gasteiger partial charge on any atom is -0.352 e. The molecule has 0 spiro atoms. The number of nitrogens with zero attached hydrogens (tertiary/aromatic N) is 2. The van der Waals surface area contributed by atoms with Crippen molar-refractivity contribution in [3.63, 3.8) is 0 Å². The van der Waals surface area contributed by atoms with Gasteiger partial charge in [0, 0.05) is 26.7 Å². The van der Waals surface area contributed by atoms with E-state index in [1.165, 1.54) is 12.1 Å². The number of likely N-dealkylation sites (tertiary alicyclic amines) is 1. The second-order valence-electron chi connectivity index (χ2n) is 5.92. The molecule has 1 heterocycles. The monoisotopic (exact) mass is 356 g/mol. The first kappa shape index (κ1) is 19.1. The molecule has 0 unspecified atom stereocenters. The second kappa shape index (κ2) is 8.73. The molecular formula is C17H23F3N4O. The first-order valence-electron chi connectivity index (χ1n) is 8.28. The number of carbonyl (C=O) groups is 1. The number of alkyl halides is 3. The Hall–Kier alpha value is -2.25. The van der Waals surface area contributed by atoms with Crippen LogP contribution in [0.4, 0.5) is 13.2 Å². The summed E-state index contributed by atoms with van der Waals surface area (Å²) in [5.74, 6) is 0.461. The van der Waals surface area contributed by atoms with Gasteiger partial charge in [-0.15, -0.1) is 0 Å². The van der Waals surface area contributed by atoms with E-state index in [4.69, 9.17) is 0 Å². The van der Waals surface area contributed by atoms with Gasteiger partial charge in [0.05, 0.1) is 12.1 Å². The Morgan fingerprint density at radius 3 is 2.32 bits per heavy atom. The van der Waals surface area contributed by atoms with Crippen LogP contribution in [0.15, 0.2) is 29.3 Å². The lowest BCUT2D eigenvalue weighted by molar-refractivity contribution is -0.137. The Bertz CT molecular complexity index is 593. The number of piperidine rings is 1. The van der Waals surface area contributed by atoms with Crippen LogP contribution in [0.2, 0.25) is 0 Å². The summed E-state index contributed by atoms with van der Waals surface area (Å²) in [6.07, 6.45) is -1.11. The number of hydrogen-bond acceptors (Lipinski definition) is 2. The maximum Gasteiger partial charge on any atom is 0.416 e. The third-order valence-corrected chi connectivity index (χ3v) is 4.08. The average molecular weight is 356 g/mol. The standard InChI is InChI=1S/C17H23F3N4O/c1-21-16(23-12-15(25)24-9-3-2-4-10-24)22-11-13-5-7-14(8-6-13)17(18,19)20/h5-8H,2-4,9-12H2,1H3,(H2,21,22,23). The second-order valence-corrected chi connectivity index (χ2v) is 5.92. The van der Waals surface area contributed by atoms with Crippen molar-refractivity contribution < 1.29 is 18.0 Å². The number of guanidine groups is 1. The molecule has 1 amide bonds. The van der Waals surface area contributed by atoms with Gasteiger partial charge >= 0.3 is 6.18 Å². The lowest BCUT2D eigenvalue weighted by Crippen LogP contribution is -2.45. The van der Waals surface area contributed by atoms with Crippen molar-refractivity contribution in [3.8, 4) is 0 Å². The van der Waals surface area contributed by atoms with Gasteiger partial charge in [-0.3, -0.25) is 9.79 Å². The van der Waals surface area contributed by atoms with E-state index in [2.05, 4.69) is 15.6 Å². The van der Waals surface area contributed by atoms with Crippen molar-refractivity contribution in [1.29, 1.82) is 0 Å². The van der Waals surface area contributed by atoms with Crippen molar-refractivity contribution in [1.82, 2.24) is 15.5 Å². The molecule has 0 aromatic heterocycles. The van der Waals surface area contributed by atoms with E-state index < -0.39 is 11.7 Å². The molecule has 1 saturated heterocycles. The van der Waals surface area contributed by atoms with E-state index in [1.54, 1.807) is 7.05 Å². The molecule has 8 heteroatoms. The Labute approximate surface area is 145 Å². The van der Waals surface area contributed by atoms with Gasteiger partial charge in [-0.05, 0) is 37.0 Å². The molecule has 1 aromatic rings. The molecule has 0 atom stereocenters. The summed E-state index contributed by atoms with van der Waals surface area (Å²) in [5, 5.41) is 5.93. The fraction of sp³-hybridized carbons (Fsp3) is 0.529. The Morgan fingerprint density at radius 1 is 1.12 bits per heavy atom. The van der Waals surface area contributed by atoms with Gasteiger partial charge in [-0.2, -0.15) is 13.2 Å². The van der Waals surface area contributed by atoms with Crippen LogP contribution in [-0.2, 0) is 17.5 Å². The van der Waals surface area contributed by atoms with Crippen LogP contribution < -0.4 is 10.6 Å². The van der Waals surface area contributed by atoms with Crippen molar-refractivity contribution in [2.75, 3.05) is 26.7 Å². The minimum absolute atomic E-state index is 0.0252. The predicted octanol–water partition coefficient (Wildman–Crippen LogP) is 2.38. The molecule has 1 aromatic carbocycles. The number of amides is 1. The van der Waals surface area contributed by atoms with Gasteiger partial charge in [0.2, 0.25) is 5.91 Å².